The molecule has 0 fully saturated rings. The zero-order valence-corrected chi connectivity index (χ0v) is 23.8. The highest BCUT2D eigenvalue weighted by atomic mass is 31.2. The van der Waals surface area contributed by atoms with Crippen LogP contribution in [0.15, 0.2) is 48.6 Å². The molecular weight excluding hydrogens is 528 g/mol. The minimum Gasteiger partial charge on any atom is -0.496 e. The van der Waals surface area contributed by atoms with E-state index in [1.54, 1.807) is 14.2 Å². The number of methoxy groups -OCH3 is 2. The van der Waals surface area contributed by atoms with E-state index in [2.05, 4.69) is 17.0 Å². The highest BCUT2D eigenvalue weighted by molar-refractivity contribution is 7.52. The fraction of sp³-hybridized carbons (Fsp3) is 0.407. The maximum Gasteiger partial charge on any atom is 0.325 e. The highest BCUT2D eigenvalue weighted by Crippen LogP contribution is 2.51. The zero-order chi connectivity index (χ0) is 27.9. The number of rotatable bonds is 9. The van der Waals surface area contributed by atoms with E-state index in [4.69, 9.17) is 9.47 Å². The van der Waals surface area contributed by atoms with Crippen molar-refractivity contribution in [1.29, 1.82) is 0 Å². The van der Waals surface area contributed by atoms with E-state index >= 15 is 0 Å². The largest absolute Gasteiger partial charge is 0.496 e. The summed E-state index contributed by atoms with van der Waals surface area (Å²) < 4.78 is 34.9. The quantitative estimate of drug-likeness (QED) is 0.246. The molecule has 2 aromatic rings. The molecule has 1 aliphatic heterocycles. The lowest BCUT2D eigenvalue weighted by Crippen LogP contribution is -2.35. The van der Waals surface area contributed by atoms with Crippen LogP contribution in [0.5, 0.6) is 11.5 Å². The van der Waals surface area contributed by atoms with Crippen LogP contribution in [0, 0.1) is 19.3 Å². The van der Waals surface area contributed by atoms with Crippen molar-refractivity contribution in [3.63, 3.8) is 0 Å². The van der Waals surface area contributed by atoms with Crippen molar-refractivity contribution in [2.24, 2.45) is 5.41 Å². The Morgan fingerprint density at radius 3 is 1.61 bits per heavy atom. The smallest absolute Gasteiger partial charge is 0.325 e. The molecule has 1 aliphatic carbocycles. The summed E-state index contributed by atoms with van der Waals surface area (Å²) in [5.41, 5.74) is 5.17. The Kier molecular flexibility index (Phi) is 8.02. The first-order chi connectivity index (χ1) is 17.8. The summed E-state index contributed by atoms with van der Waals surface area (Å²) in [4.78, 5) is 40.1. The molecule has 0 saturated carbocycles. The third kappa shape index (κ3) is 5.94. The number of hydrogen-bond acceptors (Lipinski definition) is 5. The minimum absolute atomic E-state index is 0.0736. The molecule has 0 saturated heterocycles. The summed E-state index contributed by atoms with van der Waals surface area (Å²) in [6.45, 7) is 4.01. The van der Waals surface area contributed by atoms with Crippen molar-refractivity contribution < 1.29 is 38.2 Å². The molecule has 1 heterocycles. The van der Waals surface area contributed by atoms with E-state index in [0.29, 0.717) is 6.42 Å². The summed E-state index contributed by atoms with van der Waals surface area (Å²) in [5.74, 6) is 1.62. The van der Waals surface area contributed by atoms with Gasteiger partial charge < -0.3 is 33.9 Å². The summed E-state index contributed by atoms with van der Waals surface area (Å²) >= 11 is 0. The first kappa shape index (κ1) is 28.6. The summed E-state index contributed by atoms with van der Waals surface area (Å²) in [5, 5.41) is 0. The van der Waals surface area contributed by atoms with E-state index in [-0.39, 0.29) is 31.2 Å². The first-order valence-corrected chi connectivity index (χ1v) is 16.0. The monoisotopic (exact) mass is 563 g/mol. The SMILES string of the molecule is COc1c(C)ccc2c1Cc1c(ccc(C)c1OC)N2C1C=CC(CCP(=O)(O)O)(CCP(=O)(O)O)C=C1. The van der Waals surface area contributed by atoms with Gasteiger partial charge in [-0.3, -0.25) is 9.13 Å². The normalized spacial score (nSPS) is 16.8. The number of benzene rings is 2. The fourth-order valence-corrected chi connectivity index (χ4v) is 6.91. The van der Waals surface area contributed by atoms with Gasteiger partial charge in [0.2, 0.25) is 0 Å². The Balaban J connectivity index is 1.79. The van der Waals surface area contributed by atoms with Crippen LogP contribution in [0.2, 0.25) is 0 Å². The number of hydrogen-bond donors (Lipinski definition) is 4. The average Bonchev–Trinajstić information content (AvgIpc) is 2.85. The zero-order valence-electron chi connectivity index (χ0n) is 22.0. The topological polar surface area (TPSA) is 137 Å². The van der Waals surface area contributed by atoms with Gasteiger partial charge in [0.15, 0.2) is 0 Å². The van der Waals surface area contributed by atoms with Crippen molar-refractivity contribution >= 4 is 26.6 Å². The first-order valence-electron chi connectivity index (χ1n) is 12.4. The molecule has 38 heavy (non-hydrogen) atoms. The number of ether oxygens (including phenoxy) is 2. The van der Waals surface area contributed by atoms with Gasteiger partial charge in [-0.15, -0.1) is 0 Å². The minimum atomic E-state index is -4.30. The molecular formula is C27H35NO8P2. The second-order valence-corrected chi connectivity index (χ2v) is 13.6. The molecule has 0 bridgehead atoms. The third-order valence-corrected chi connectivity index (χ3v) is 9.04. The lowest BCUT2D eigenvalue weighted by Gasteiger charge is -2.41. The summed E-state index contributed by atoms with van der Waals surface area (Å²) in [6.07, 6.45) is 7.58. The Bertz CT molecular complexity index is 1270. The molecule has 0 aromatic heterocycles. The van der Waals surface area contributed by atoms with Gasteiger partial charge in [0.25, 0.3) is 0 Å². The second kappa shape index (κ2) is 10.6. The van der Waals surface area contributed by atoms with E-state index < -0.39 is 20.6 Å². The van der Waals surface area contributed by atoms with E-state index in [1.165, 1.54) is 0 Å². The maximum atomic E-state index is 11.6. The van der Waals surface area contributed by atoms with E-state index in [1.807, 2.05) is 50.3 Å². The van der Waals surface area contributed by atoms with Gasteiger partial charge in [0, 0.05) is 34.3 Å². The molecule has 0 spiro atoms. The maximum absolute atomic E-state index is 11.6. The van der Waals surface area contributed by atoms with Gasteiger partial charge in [-0.05, 0) is 49.9 Å². The molecule has 0 unspecified atom stereocenters. The fourth-order valence-electron chi connectivity index (χ4n) is 5.50. The van der Waals surface area contributed by atoms with Crippen LogP contribution >= 0.6 is 15.2 Å². The van der Waals surface area contributed by atoms with Gasteiger partial charge in [0.1, 0.15) is 11.5 Å². The van der Waals surface area contributed by atoms with Crippen molar-refractivity contribution in [2.75, 3.05) is 31.4 Å². The Labute approximate surface area is 223 Å². The molecule has 4 N–H and O–H groups in total. The number of nitrogens with zero attached hydrogens (tertiary/aromatic N) is 1. The Morgan fingerprint density at radius 1 is 0.816 bits per heavy atom. The molecule has 9 nitrogen and oxygen atoms in total. The van der Waals surface area contributed by atoms with Crippen LogP contribution in [0.25, 0.3) is 0 Å². The number of allylic oxidation sites excluding steroid dienone is 2. The molecule has 11 heteroatoms. The van der Waals surface area contributed by atoms with Crippen LogP contribution in [0.3, 0.4) is 0 Å². The highest BCUT2D eigenvalue weighted by Gasteiger charge is 2.36. The van der Waals surface area contributed by atoms with Crippen molar-refractivity contribution in [2.45, 2.75) is 39.2 Å². The van der Waals surface area contributed by atoms with Gasteiger partial charge in [-0.2, -0.15) is 0 Å². The van der Waals surface area contributed by atoms with Gasteiger partial charge >= 0.3 is 15.2 Å². The summed E-state index contributed by atoms with van der Waals surface area (Å²) in [7, 11) is -5.27. The van der Waals surface area contributed by atoms with Gasteiger partial charge in [-0.1, -0.05) is 36.4 Å². The number of aryl methyl sites for hydroxylation is 2. The Hall–Kier alpha value is -2.38. The molecule has 2 aromatic carbocycles. The molecule has 4 rings (SSSR count). The lowest BCUT2D eigenvalue weighted by molar-refractivity contribution is 0.347. The van der Waals surface area contributed by atoms with E-state index in [0.717, 1.165) is 45.1 Å². The Morgan fingerprint density at radius 2 is 1.24 bits per heavy atom. The van der Waals surface area contributed by atoms with Crippen LogP contribution < -0.4 is 14.4 Å². The van der Waals surface area contributed by atoms with Crippen LogP contribution in [0.4, 0.5) is 11.4 Å². The van der Waals surface area contributed by atoms with Gasteiger partial charge in [-0.25, -0.2) is 0 Å². The molecule has 2 aliphatic rings. The molecule has 206 valence electrons. The van der Waals surface area contributed by atoms with Crippen molar-refractivity contribution in [3.05, 3.63) is 70.8 Å². The summed E-state index contributed by atoms with van der Waals surface area (Å²) in [6, 6.07) is 7.90. The predicted octanol–water partition coefficient (Wildman–Crippen LogP) is 4.98. The molecule has 0 atom stereocenters. The molecule has 0 radical (unpaired) electrons. The van der Waals surface area contributed by atoms with Crippen LogP contribution in [-0.2, 0) is 15.6 Å². The van der Waals surface area contributed by atoms with Crippen molar-refractivity contribution in [1.82, 2.24) is 0 Å². The average molecular weight is 564 g/mol. The van der Waals surface area contributed by atoms with Crippen LogP contribution in [-0.4, -0.2) is 52.2 Å². The second-order valence-electron chi connectivity index (χ2n) is 10.1. The molecule has 0 amide bonds. The van der Waals surface area contributed by atoms with E-state index in [9.17, 15) is 28.7 Å². The number of anilines is 2. The third-order valence-electron chi connectivity index (χ3n) is 7.43. The predicted molar refractivity (Wildman–Crippen MR) is 148 cm³/mol. The number of fused-ring (bicyclic) bond motifs is 2. The van der Waals surface area contributed by atoms with Crippen molar-refractivity contribution in [3.8, 4) is 11.5 Å². The standard InChI is InChI=1S/C27H35NO8P2/c1-18-5-7-23-21(25(18)35-3)17-22-24(8-6-19(2)26(22)36-4)28(23)20-9-11-27(12-10-20,13-15-37(29,30)31)14-16-38(32,33)34/h5-12,20H,13-17H2,1-4H3,(H2,29,30,31)(H2,32,33,34). The van der Waals surface area contributed by atoms with Crippen LogP contribution in [0.1, 0.15) is 35.1 Å². The lowest BCUT2D eigenvalue weighted by atomic mass is 9.78. The van der Waals surface area contributed by atoms with Gasteiger partial charge in [0.05, 0.1) is 32.6 Å².